The molecule has 5 heteroatoms. The van der Waals surface area contributed by atoms with E-state index in [-0.39, 0.29) is 0 Å². The third kappa shape index (κ3) is 2.89. The van der Waals surface area contributed by atoms with Crippen LogP contribution in [0.2, 0.25) is 0 Å². The van der Waals surface area contributed by atoms with E-state index >= 15 is 0 Å². The maximum atomic E-state index is 5.54. The molecule has 0 saturated heterocycles. The summed E-state index contributed by atoms with van der Waals surface area (Å²) in [4.78, 5) is 2.31. The van der Waals surface area contributed by atoms with Crippen LogP contribution in [0, 0.1) is 11.8 Å². The van der Waals surface area contributed by atoms with E-state index in [9.17, 15) is 0 Å². The van der Waals surface area contributed by atoms with Crippen LogP contribution >= 0.6 is 11.7 Å². The van der Waals surface area contributed by atoms with Gasteiger partial charge in [0.1, 0.15) is 5.69 Å². The van der Waals surface area contributed by atoms with E-state index in [2.05, 4.69) is 45.5 Å². The van der Waals surface area contributed by atoms with Crippen LogP contribution in [0.4, 0.5) is 0 Å². The smallest absolute Gasteiger partial charge is 0.254 e. The average molecular weight is 263 g/mol. The number of aromatic nitrogens is 2. The molecule has 2 rings (SSSR count). The molecular weight excluding hydrogens is 246 g/mol. The molecule has 0 saturated carbocycles. The van der Waals surface area contributed by atoms with E-state index in [4.69, 9.17) is 4.74 Å². The number of likely N-dealkylation sites (N-methyl/N-ethyl adjacent to an activating group) is 1. The molecule has 0 spiro atoms. The molecule has 4 nitrogen and oxygen atoms in total. The molecule has 2 heterocycles. The van der Waals surface area contributed by atoms with Crippen LogP contribution < -0.4 is 4.74 Å². The van der Waals surface area contributed by atoms with Crippen LogP contribution in [0.5, 0.6) is 5.88 Å². The topological polar surface area (TPSA) is 38.3 Å². The van der Waals surface area contributed by atoms with Crippen molar-refractivity contribution < 1.29 is 4.74 Å². The van der Waals surface area contributed by atoms with Gasteiger partial charge in [-0.15, -0.1) is 10.3 Å². The Kier molecular flexibility index (Phi) is 4.34. The SMILES string of the molecule is CC#CCOc1nsnc1C1=CCC(C)N(C)C1. The number of nitrogens with zero attached hydrogens (tertiary/aromatic N) is 3. The van der Waals surface area contributed by atoms with Gasteiger partial charge in [0.25, 0.3) is 5.88 Å². The molecule has 0 radical (unpaired) electrons. The Labute approximate surface area is 112 Å². The Hall–Kier alpha value is -1.38. The molecule has 0 N–H and O–H groups in total. The quantitative estimate of drug-likeness (QED) is 0.782. The van der Waals surface area contributed by atoms with Gasteiger partial charge in [-0.3, -0.25) is 4.90 Å². The van der Waals surface area contributed by atoms with Gasteiger partial charge in [0.2, 0.25) is 0 Å². The Morgan fingerprint density at radius 1 is 1.56 bits per heavy atom. The van der Waals surface area contributed by atoms with Crippen LogP contribution in [0.1, 0.15) is 26.0 Å². The van der Waals surface area contributed by atoms with Crippen LogP contribution in [0.15, 0.2) is 6.08 Å². The van der Waals surface area contributed by atoms with E-state index in [1.54, 1.807) is 6.92 Å². The highest BCUT2D eigenvalue weighted by molar-refractivity contribution is 6.99. The molecule has 1 aliphatic heterocycles. The first-order chi connectivity index (χ1) is 8.72. The number of ether oxygens (including phenoxy) is 1. The molecule has 0 aromatic carbocycles. The van der Waals surface area contributed by atoms with Crippen molar-refractivity contribution in [1.82, 2.24) is 13.6 Å². The number of hydrogen-bond donors (Lipinski definition) is 0. The minimum atomic E-state index is 0.369. The summed E-state index contributed by atoms with van der Waals surface area (Å²) in [5.74, 6) is 6.27. The summed E-state index contributed by atoms with van der Waals surface area (Å²) in [6, 6.07) is 0.579. The largest absolute Gasteiger partial charge is 0.462 e. The second-order valence-corrected chi connectivity index (χ2v) is 4.89. The fourth-order valence-corrected chi connectivity index (χ4v) is 2.33. The van der Waals surface area contributed by atoms with Crippen molar-refractivity contribution in [1.29, 1.82) is 0 Å². The van der Waals surface area contributed by atoms with Gasteiger partial charge in [-0.1, -0.05) is 12.0 Å². The van der Waals surface area contributed by atoms with Crippen LogP contribution in [-0.4, -0.2) is 39.9 Å². The van der Waals surface area contributed by atoms with Gasteiger partial charge >= 0.3 is 0 Å². The van der Waals surface area contributed by atoms with Gasteiger partial charge in [-0.25, -0.2) is 0 Å². The molecule has 0 bridgehead atoms. The minimum absolute atomic E-state index is 0.369. The molecule has 18 heavy (non-hydrogen) atoms. The number of hydrogen-bond acceptors (Lipinski definition) is 5. The zero-order valence-corrected chi connectivity index (χ0v) is 11.8. The third-order valence-electron chi connectivity index (χ3n) is 3.10. The lowest BCUT2D eigenvalue weighted by Crippen LogP contribution is -2.33. The summed E-state index contributed by atoms with van der Waals surface area (Å²) in [5.41, 5.74) is 2.07. The average Bonchev–Trinajstić information content (AvgIpc) is 2.81. The van der Waals surface area contributed by atoms with Gasteiger partial charge in [0, 0.05) is 12.6 Å². The van der Waals surface area contributed by atoms with Crippen molar-refractivity contribution in [2.24, 2.45) is 0 Å². The lowest BCUT2D eigenvalue weighted by Gasteiger charge is -2.29. The Bertz CT molecular complexity index is 498. The molecule has 1 aliphatic rings. The standard InChI is InChI=1S/C13H17N3OS/c1-4-5-8-17-13-12(14-18-15-13)11-7-6-10(2)16(3)9-11/h7,10H,6,8-9H2,1-3H3. The predicted molar refractivity (Wildman–Crippen MR) is 73.5 cm³/mol. The first-order valence-electron chi connectivity index (χ1n) is 5.97. The lowest BCUT2D eigenvalue weighted by atomic mass is 10.0. The van der Waals surface area contributed by atoms with Crippen molar-refractivity contribution in [2.45, 2.75) is 26.3 Å². The van der Waals surface area contributed by atoms with E-state index in [1.165, 1.54) is 17.3 Å². The normalized spacial score (nSPS) is 19.9. The summed E-state index contributed by atoms with van der Waals surface area (Å²) in [7, 11) is 2.13. The fraction of sp³-hybridized carbons (Fsp3) is 0.538. The highest BCUT2D eigenvalue weighted by Crippen LogP contribution is 2.28. The second kappa shape index (κ2) is 5.98. The molecule has 1 aromatic heterocycles. The Morgan fingerprint density at radius 2 is 2.39 bits per heavy atom. The molecule has 0 fully saturated rings. The first-order valence-corrected chi connectivity index (χ1v) is 6.70. The van der Waals surface area contributed by atoms with Gasteiger partial charge in [0.15, 0.2) is 6.61 Å². The molecule has 0 aliphatic carbocycles. The van der Waals surface area contributed by atoms with Crippen molar-refractivity contribution in [3.8, 4) is 17.7 Å². The maximum absolute atomic E-state index is 5.54. The molecule has 96 valence electrons. The second-order valence-electron chi connectivity index (χ2n) is 4.36. The monoisotopic (exact) mass is 263 g/mol. The van der Waals surface area contributed by atoms with E-state index in [1.807, 2.05) is 0 Å². The van der Waals surface area contributed by atoms with Crippen molar-refractivity contribution in [2.75, 3.05) is 20.2 Å². The molecule has 1 atom stereocenters. The summed E-state index contributed by atoms with van der Waals surface area (Å²) in [6.07, 6.45) is 3.28. The van der Waals surface area contributed by atoms with Gasteiger partial charge in [-0.2, -0.15) is 4.37 Å². The van der Waals surface area contributed by atoms with E-state index < -0.39 is 0 Å². The number of rotatable bonds is 3. The Morgan fingerprint density at radius 3 is 3.11 bits per heavy atom. The summed E-state index contributed by atoms with van der Waals surface area (Å²) in [5, 5.41) is 0. The molecule has 1 aromatic rings. The van der Waals surface area contributed by atoms with Gasteiger partial charge in [0.05, 0.1) is 11.7 Å². The lowest BCUT2D eigenvalue weighted by molar-refractivity contribution is 0.279. The Balaban J connectivity index is 2.13. The van der Waals surface area contributed by atoms with Crippen LogP contribution in [0.3, 0.4) is 0 Å². The van der Waals surface area contributed by atoms with Gasteiger partial charge in [-0.05, 0) is 32.9 Å². The highest BCUT2D eigenvalue weighted by atomic mass is 32.1. The van der Waals surface area contributed by atoms with E-state index in [0.29, 0.717) is 18.5 Å². The zero-order chi connectivity index (χ0) is 13.0. The predicted octanol–water partition coefficient (Wildman–Crippen LogP) is 2.05. The summed E-state index contributed by atoms with van der Waals surface area (Å²) >= 11 is 1.19. The van der Waals surface area contributed by atoms with Crippen LogP contribution in [0.25, 0.3) is 5.57 Å². The van der Waals surface area contributed by atoms with Crippen molar-refractivity contribution in [3.63, 3.8) is 0 Å². The van der Waals surface area contributed by atoms with Crippen molar-refractivity contribution >= 4 is 17.3 Å². The molecular formula is C13H17N3OS. The molecule has 1 unspecified atom stereocenters. The first kappa shape index (κ1) is 13.1. The highest BCUT2D eigenvalue weighted by Gasteiger charge is 2.21. The summed E-state index contributed by atoms with van der Waals surface area (Å²) in [6.45, 7) is 5.28. The fourth-order valence-electron chi connectivity index (χ4n) is 1.80. The minimum Gasteiger partial charge on any atom is -0.462 e. The van der Waals surface area contributed by atoms with Crippen molar-refractivity contribution in [3.05, 3.63) is 11.8 Å². The van der Waals surface area contributed by atoms with Crippen LogP contribution in [-0.2, 0) is 0 Å². The zero-order valence-electron chi connectivity index (χ0n) is 10.9. The van der Waals surface area contributed by atoms with Gasteiger partial charge < -0.3 is 4.74 Å². The maximum Gasteiger partial charge on any atom is 0.254 e. The third-order valence-corrected chi connectivity index (χ3v) is 3.61. The van der Waals surface area contributed by atoms with E-state index in [0.717, 1.165) is 18.7 Å². The summed E-state index contributed by atoms with van der Waals surface area (Å²) < 4.78 is 14.1. The molecule has 0 amide bonds.